The molecule has 23 heavy (non-hydrogen) atoms. The van der Waals surface area contributed by atoms with Crippen LogP contribution in [0.5, 0.6) is 11.5 Å². The number of benzene rings is 2. The van der Waals surface area contributed by atoms with Gasteiger partial charge in [0.25, 0.3) is 5.69 Å². The molecule has 0 aliphatic carbocycles. The van der Waals surface area contributed by atoms with Crippen molar-refractivity contribution in [1.29, 1.82) is 0 Å². The number of hydrogen-bond acceptors (Lipinski definition) is 4. The SMILES string of the molecule is C[Si](C)(C)C#Cc1cccc(Oc2ccc([N+](=O)[O-])c(N)c2)c1. The number of nitro groups is 1. The minimum Gasteiger partial charge on any atom is -0.457 e. The van der Waals surface area contributed by atoms with Gasteiger partial charge < -0.3 is 10.5 Å². The molecular formula is C17H18N2O3Si. The molecule has 0 spiro atoms. The van der Waals surface area contributed by atoms with E-state index >= 15 is 0 Å². The molecule has 5 nitrogen and oxygen atoms in total. The van der Waals surface area contributed by atoms with E-state index < -0.39 is 13.0 Å². The summed E-state index contributed by atoms with van der Waals surface area (Å²) in [5.74, 6) is 4.22. The molecule has 118 valence electrons. The van der Waals surface area contributed by atoms with E-state index in [1.807, 2.05) is 18.2 Å². The summed E-state index contributed by atoms with van der Waals surface area (Å²) in [6.45, 7) is 6.54. The van der Waals surface area contributed by atoms with Crippen LogP contribution < -0.4 is 10.5 Å². The Kier molecular flexibility index (Phi) is 4.72. The molecule has 6 heteroatoms. The second-order valence-corrected chi connectivity index (χ2v) is 10.9. The number of rotatable bonds is 3. The van der Waals surface area contributed by atoms with Crippen molar-refractivity contribution in [2.75, 3.05) is 5.73 Å². The van der Waals surface area contributed by atoms with Crippen LogP contribution in [0.15, 0.2) is 42.5 Å². The summed E-state index contributed by atoms with van der Waals surface area (Å²) in [6, 6.07) is 11.7. The maximum atomic E-state index is 10.8. The van der Waals surface area contributed by atoms with Crippen molar-refractivity contribution in [3.05, 3.63) is 58.1 Å². The number of nitro benzene ring substituents is 1. The summed E-state index contributed by atoms with van der Waals surface area (Å²) >= 11 is 0. The molecule has 0 aliphatic heterocycles. The van der Waals surface area contributed by atoms with Crippen LogP contribution in [-0.2, 0) is 0 Å². The molecule has 0 unspecified atom stereocenters. The zero-order chi connectivity index (χ0) is 17.0. The highest BCUT2D eigenvalue weighted by Gasteiger charge is 2.12. The van der Waals surface area contributed by atoms with Gasteiger partial charge in [-0.05, 0) is 24.3 Å². The molecule has 0 aliphatic rings. The maximum Gasteiger partial charge on any atom is 0.292 e. The molecular weight excluding hydrogens is 308 g/mol. The summed E-state index contributed by atoms with van der Waals surface area (Å²) in [4.78, 5) is 10.2. The van der Waals surface area contributed by atoms with Crippen molar-refractivity contribution < 1.29 is 9.66 Å². The highest BCUT2D eigenvalue weighted by molar-refractivity contribution is 6.83. The fraction of sp³-hybridized carbons (Fsp3) is 0.176. The van der Waals surface area contributed by atoms with Gasteiger partial charge in [-0.25, -0.2) is 0 Å². The molecule has 2 N–H and O–H groups in total. The van der Waals surface area contributed by atoms with Gasteiger partial charge >= 0.3 is 0 Å². The van der Waals surface area contributed by atoms with Gasteiger partial charge in [0.1, 0.15) is 25.3 Å². The average molecular weight is 326 g/mol. The molecule has 0 bridgehead atoms. The normalized spacial score (nSPS) is 10.6. The lowest BCUT2D eigenvalue weighted by molar-refractivity contribution is -0.383. The highest BCUT2D eigenvalue weighted by Crippen LogP contribution is 2.29. The Labute approximate surface area is 136 Å². The molecule has 2 aromatic carbocycles. The molecule has 0 fully saturated rings. The Hall–Kier alpha value is -2.78. The van der Waals surface area contributed by atoms with Crippen LogP contribution in [0, 0.1) is 21.6 Å². The quantitative estimate of drug-likeness (QED) is 0.301. The topological polar surface area (TPSA) is 78.4 Å². The Morgan fingerprint density at radius 2 is 1.83 bits per heavy atom. The summed E-state index contributed by atoms with van der Waals surface area (Å²) in [5, 5.41) is 10.8. The van der Waals surface area contributed by atoms with Crippen LogP contribution in [0.25, 0.3) is 0 Å². The lowest BCUT2D eigenvalue weighted by Gasteiger charge is -2.07. The predicted octanol–water partition coefficient (Wildman–Crippen LogP) is 4.20. The largest absolute Gasteiger partial charge is 0.457 e. The number of ether oxygens (including phenoxy) is 1. The zero-order valence-corrected chi connectivity index (χ0v) is 14.3. The van der Waals surface area contributed by atoms with Crippen LogP contribution in [0.1, 0.15) is 5.56 Å². The summed E-state index contributed by atoms with van der Waals surface area (Å²) in [5.41, 5.74) is 9.77. The molecule has 0 atom stereocenters. The molecule has 0 amide bonds. The first kappa shape index (κ1) is 16.6. The number of nitrogens with zero attached hydrogens (tertiary/aromatic N) is 1. The van der Waals surface area contributed by atoms with Crippen LogP contribution in [0.3, 0.4) is 0 Å². The van der Waals surface area contributed by atoms with Crippen molar-refractivity contribution in [2.45, 2.75) is 19.6 Å². The Morgan fingerprint density at radius 1 is 1.13 bits per heavy atom. The van der Waals surface area contributed by atoms with E-state index in [0.29, 0.717) is 11.5 Å². The number of anilines is 1. The number of nitrogens with two attached hydrogens (primary N) is 1. The Balaban J connectivity index is 2.22. The minimum atomic E-state index is -1.44. The van der Waals surface area contributed by atoms with Gasteiger partial charge in [-0.2, -0.15) is 0 Å². The van der Waals surface area contributed by atoms with E-state index in [-0.39, 0.29) is 11.4 Å². The second kappa shape index (κ2) is 6.54. The zero-order valence-electron chi connectivity index (χ0n) is 13.3. The standard InChI is InChI=1S/C17H18N2O3Si/c1-23(2,3)10-9-13-5-4-6-14(11-13)22-15-7-8-17(19(20)21)16(18)12-15/h4-8,11-12H,18H2,1-3H3. The molecule has 2 rings (SSSR count). The molecule has 0 aromatic heterocycles. The first-order chi connectivity index (χ1) is 10.7. The third kappa shape index (κ3) is 4.87. The lowest BCUT2D eigenvalue weighted by Crippen LogP contribution is -2.16. The van der Waals surface area contributed by atoms with Gasteiger partial charge in [0.15, 0.2) is 0 Å². The Bertz CT molecular complexity index is 801. The third-order valence-corrected chi connectivity index (χ3v) is 3.72. The fourth-order valence-electron chi connectivity index (χ4n) is 1.80. The van der Waals surface area contributed by atoms with Crippen molar-refractivity contribution >= 4 is 19.4 Å². The summed E-state index contributed by atoms with van der Waals surface area (Å²) in [6.07, 6.45) is 0. The van der Waals surface area contributed by atoms with Crippen LogP contribution in [-0.4, -0.2) is 13.0 Å². The number of nitrogen functional groups attached to an aromatic ring is 1. The van der Waals surface area contributed by atoms with Gasteiger partial charge in [0.2, 0.25) is 0 Å². The maximum absolute atomic E-state index is 10.8. The van der Waals surface area contributed by atoms with Crippen molar-refractivity contribution in [1.82, 2.24) is 0 Å². The molecule has 0 saturated heterocycles. The van der Waals surface area contributed by atoms with E-state index in [2.05, 4.69) is 31.1 Å². The second-order valence-electron chi connectivity index (χ2n) is 6.11. The molecule has 0 heterocycles. The monoisotopic (exact) mass is 326 g/mol. The van der Waals surface area contributed by atoms with Gasteiger partial charge in [-0.15, -0.1) is 5.54 Å². The highest BCUT2D eigenvalue weighted by atomic mass is 28.3. The Morgan fingerprint density at radius 3 is 2.43 bits per heavy atom. The van der Waals surface area contributed by atoms with Crippen molar-refractivity contribution in [2.24, 2.45) is 0 Å². The van der Waals surface area contributed by atoms with E-state index in [4.69, 9.17) is 10.5 Å². The van der Waals surface area contributed by atoms with Crippen LogP contribution >= 0.6 is 0 Å². The van der Waals surface area contributed by atoms with Crippen molar-refractivity contribution in [3.8, 4) is 23.0 Å². The van der Waals surface area contributed by atoms with Crippen LogP contribution in [0.4, 0.5) is 11.4 Å². The predicted molar refractivity (Wildman–Crippen MR) is 94.2 cm³/mol. The van der Waals surface area contributed by atoms with Gasteiger partial charge in [-0.1, -0.05) is 31.6 Å². The lowest BCUT2D eigenvalue weighted by atomic mass is 10.2. The molecule has 2 aromatic rings. The van der Waals surface area contributed by atoms with E-state index in [0.717, 1.165) is 5.56 Å². The third-order valence-electron chi connectivity index (χ3n) is 2.85. The van der Waals surface area contributed by atoms with E-state index in [9.17, 15) is 10.1 Å². The molecule has 0 saturated carbocycles. The average Bonchev–Trinajstić information content (AvgIpc) is 2.44. The van der Waals surface area contributed by atoms with Crippen LogP contribution in [0.2, 0.25) is 19.6 Å². The fourth-order valence-corrected chi connectivity index (χ4v) is 2.31. The summed E-state index contributed by atoms with van der Waals surface area (Å²) in [7, 11) is -1.44. The molecule has 0 radical (unpaired) electrons. The van der Waals surface area contributed by atoms with E-state index in [1.54, 1.807) is 6.07 Å². The van der Waals surface area contributed by atoms with Gasteiger partial charge in [-0.3, -0.25) is 10.1 Å². The number of hydrogen-bond donors (Lipinski definition) is 1. The van der Waals surface area contributed by atoms with E-state index in [1.165, 1.54) is 18.2 Å². The minimum absolute atomic E-state index is 0.0715. The summed E-state index contributed by atoms with van der Waals surface area (Å²) < 4.78 is 5.71. The smallest absolute Gasteiger partial charge is 0.292 e. The first-order valence-corrected chi connectivity index (χ1v) is 10.6. The van der Waals surface area contributed by atoms with Crippen molar-refractivity contribution in [3.63, 3.8) is 0 Å². The van der Waals surface area contributed by atoms with Gasteiger partial charge in [0.05, 0.1) is 4.92 Å². The first-order valence-electron chi connectivity index (χ1n) is 7.10. The van der Waals surface area contributed by atoms with Gasteiger partial charge in [0, 0.05) is 17.7 Å².